The van der Waals surface area contributed by atoms with Gasteiger partial charge in [0.15, 0.2) is 5.78 Å². The van der Waals surface area contributed by atoms with Gasteiger partial charge < -0.3 is 5.32 Å². The maximum atomic E-state index is 12.2. The van der Waals surface area contributed by atoms with Crippen LogP contribution in [-0.2, 0) is 4.79 Å². The van der Waals surface area contributed by atoms with Gasteiger partial charge in [0.1, 0.15) is 0 Å². The number of carbonyl (C=O) groups excluding carboxylic acids is 2. The average molecular weight is 460 g/mol. The molecule has 3 rings (SSSR count). The molecule has 0 aliphatic heterocycles. The van der Waals surface area contributed by atoms with Gasteiger partial charge in [0.2, 0.25) is 11.1 Å². The molecule has 0 saturated heterocycles. The summed E-state index contributed by atoms with van der Waals surface area (Å²) < 4.78 is 2.57. The fraction of sp³-hybridized carbons (Fsp3) is 0.211. The number of nitrogens with one attached hydrogen (secondary N) is 1. The Kier molecular flexibility index (Phi) is 6.94. The van der Waals surface area contributed by atoms with Crippen LogP contribution in [0.15, 0.2) is 58.2 Å². The van der Waals surface area contributed by atoms with Gasteiger partial charge in [-0.25, -0.2) is 0 Å². The third-order valence-electron chi connectivity index (χ3n) is 3.80. The molecule has 0 saturated carbocycles. The van der Waals surface area contributed by atoms with E-state index in [-0.39, 0.29) is 11.7 Å². The van der Waals surface area contributed by atoms with Crippen LogP contribution in [0.5, 0.6) is 0 Å². The summed E-state index contributed by atoms with van der Waals surface area (Å²) in [5.74, 6) is 0.697. The molecule has 7 nitrogen and oxygen atoms in total. The number of hydrogen-bond acceptors (Lipinski definition) is 6. The highest BCUT2D eigenvalue weighted by atomic mass is 79.9. The van der Waals surface area contributed by atoms with Crippen molar-refractivity contribution >= 4 is 45.1 Å². The Morgan fingerprint density at radius 2 is 1.96 bits per heavy atom. The molecule has 3 aromatic rings. The minimum atomic E-state index is -0.140. The molecule has 0 aliphatic carbocycles. The maximum Gasteiger partial charge on any atom is 0.221 e. The highest BCUT2D eigenvalue weighted by Crippen LogP contribution is 2.22. The summed E-state index contributed by atoms with van der Waals surface area (Å²) in [6.45, 7) is 1.46. The highest BCUT2D eigenvalue weighted by Gasteiger charge is 2.11. The first-order chi connectivity index (χ1) is 13.5. The quantitative estimate of drug-likeness (QED) is 0.309. The molecule has 0 fully saturated rings. The van der Waals surface area contributed by atoms with E-state index >= 15 is 0 Å². The molecular weight excluding hydrogens is 442 g/mol. The number of rotatable bonds is 8. The van der Waals surface area contributed by atoms with Gasteiger partial charge in [0, 0.05) is 34.8 Å². The lowest BCUT2D eigenvalue weighted by atomic mass is 10.1. The number of amides is 1. The van der Waals surface area contributed by atoms with Crippen LogP contribution in [0.3, 0.4) is 0 Å². The van der Waals surface area contributed by atoms with E-state index < -0.39 is 0 Å². The number of hydrogen-bond donors (Lipinski definition) is 1. The minimum Gasteiger partial charge on any atom is -0.326 e. The average Bonchev–Trinajstić information content (AvgIpc) is 3.14. The fourth-order valence-corrected chi connectivity index (χ4v) is 3.62. The Labute approximate surface area is 175 Å². The number of benzene rings is 2. The van der Waals surface area contributed by atoms with E-state index in [1.54, 1.807) is 16.8 Å². The standard InChI is InChI=1S/C19H18BrN5O2S/c1-13(26)21-16-4-2-5-17(12-16)25-19(22-23-24-25)28-11-3-6-18(27)14-7-9-15(20)10-8-14/h2,4-5,7-10,12H,3,6,11H2,1H3,(H,21,26). The molecule has 0 aliphatic rings. The summed E-state index contributed by atoms with van der Waals surface area (Å²) in [5, 5.41) is 15.2. The van der Waals surface area contributed by atoms with Crippen LogP contribution in [0.2, 0.25) is 0 Å². The van der Waals surface area contributed by atoms with Gasteiger partial charge in [-0.05, 0) is 47.2 Å². The summed E-state index contributed by atoms with van der Waals surface area (Å²) in [5.41, 5.74) is 2.15. The highest BCUT2D eigenvalue weighted by molar-refractivity contribution is 9.10. The van der Waals surface area contributed by atoms with E-state index in [4.69, 9.17) is 0 Å². The predicted octanol–water partition coefficient (Wildman–Crippen LogP) is 4.14. The van der Waals surface area contributed by atoms with Crippen LogP contribution in [0.4, 0.5) is 5.69 Å². The number of aromatic nitrogens is 4. The Morgan fingerprint density at radius 1 is 1.18 bits per heavy atom. The topological polar surface area (TPSA) is 89.8 Å². The van der Waals surface area contributed by atoms with Crippen molar-refractivity contribution < 1.29 is 9.59 Å². The molecule has 28 heavy (non-hydrogen) atoms. The summed E-state index contributed by atoms with van der Waals surface area (Å²) in [7, 11) is 0. The van der Waals surface area contributed by atoms with Crippen molar-refractivity contribution in [1.82, 2.24) is 20.2 Å². The van der Waals surface area contributed by atoms with Crippen LogP contribution in [0.1, 0.15) is 30.1 Å². The van der Waals surface area contributed by atoms with Crippen LogP contribution < -0.4 is 5.32 Å². The second-order valence-corrected chi connectivity index (χ2v) is 7.96. The third-order valence-corrected chi connectivity index (χ3v) is 5.33. The van der Waals surface area contributed by atoms with Crippen molar-refractivity contribution in [2.45, 2.75) is 24.9 Å². The van der Waals surface area contributed by atoms with Crippen LogP contribution >= 0.6 is 27.7 Å². The van der Waals surface area contributed by atoms with E-state index in [0.29, 0.717) is 28.6 Å². The molecule has 1 heterocycles. The van der Waals surface area contributed by atoms with Crippen LogP contribution in [-0.4, -0.2) is 37.7 Å². The second-order valence-electron chi connectivity index (χ2n) is 5.99. The number of ketones is 1. The van der Waals surface area contributed by atoms with Gasteiger partial charge in [0.25, 0.3) is 0 Å². The minimum absolute atomic E-state index is 0.121. The molecule has 0 radical (unpaired) electrons. The number of halogens is 1. The van der Waals surface area contributed by atoms with Crippen molar-refractivity contribution in [2.75, 3.05) is 11.1 Å². The largest absolute Gasteiger partial charge is 0.326 e. The molecule has 0 unspecified atom stereocenters. The summed E-state index contributed by atoms with van der Waals surface area (Å²) in [6.07, 6.45) is 1.19. The van der Waals surface area contributed by atoms with E-state index in [2.05, 4.69) is 36.8 Å². The van der Waals surface area contributed by atoms with Gasteiger partial charge >= 0.3 is 0 Å². The first-order valence-corrected chi connectivity index (χ1v) is 10.4. The number of tetrazole rings is 1. The van der Waals surface area contributed by atoms with E-state index in [0.717, 1.165) is 16.6 Å². The maximum absolute atomic E-state index is 12.2. The van der Waals surface area contributed by atoms with Gasteiger partial charge in [0.05, 0.1) is 5.69 Å². The zero-order valence-corrected chi connectivity index (χ0v) is 17.5. The lowest BCUT2D eigenvalue weighted by Crippen LogP contribution is -2.07. The molecule has 2 aromatic carbocycles. The molecule has 144 valence electrons. The van der Waals surface area contributed by atoms with Crippen molar-refractivity contribution in [2.24, 2.45) is 0 Å². The number of carbonyl (C=O) groups is 2. The smallest absolute Gasteiger partial charge is 0.221 e. The number of thioether (sulfide) groups is 1. The van der Waals surface area contributed by atoms with Crippen LogP contribution in [0.25, 0.3) is 5.69 Å². The number of Topliss-reactive ketones (excluding diaryl/α,β-unsaturated/α-hetero) is 1. The summed E-state index contributed by atoms with van der Waals surface area (Å²) in [6, 6.07) is 14.7. The molecular formula is C19H18BrN5O2S. The second kappa shape index (κ2) is 9.61. The van der Waals surface area contributed by atoms with E-state index in [1.807, 2.05) is 36.4 Å². The van der Waals surface area contributed by atoms with Gasteiger partial charge in [-0.2, -0.15) is 4.68 Å². The zero-order chi connectivity index (χ0) is 19.9. The fourth-order valence-electron chi connectivity index (χ4n) is 2.53. The van der Waals surface area contributed by atoms with Crippen molar-refractivity contribution in [3.63, 3.8) is 0 Å². The van der Waals surface area contributed by atoms with Gasteiger partial charge in [-0.15, -0.1) is 5.10 Å². The monoisotopic (exact) mass is 459 g/mol. The van der Waals surface area contributed by atoms with Crippen molar-refractivity contribution in [1.29, 1.82) is 0 Å². The van der Waals surface area contributed by atoms with Crippen molar-refractivity contribution in [3.05, 3.63) is 58.6 Å². The van der Waals surface area contributed by atoms with Crippen molar-refractivity contribution in [3.8, 4) is 5.69 Å². The molecule has 0 bridgehead atoms. The van der Waals surface area contributed by atoms with Gasteiger partial charge in [-0.3, -0.25) is 9.59 Å². The molecule has 9 heteroatoms. The van der Waals surface area contributed by atoms with Crippen LogP contribution in [0, 0.1) is 0 Å². The summed E-state index contributed by atoms with van der Waals surface area (Å²) in [4.78, 5) is 23.5. The number of nitrogens with zero attached hydrogens (tertiary/aromatic N) is 4. The van der Waals surface area contributed by atoms with E-state index in [9.17, 15) is 9.59 Å². The Bertz CT molecular complexity index is 974. The third kappa shape index (κ3) is 5.49. The SMILES string of the molecule is CC(=O)Nc1cccc(-n2nnnc2SCCCC(=O)c2ccc(Br)cc2)c1. The molecule has 0 atom stereocenters. The zero-order valence-electron chi connectivity index (χ0n) is 15.1. The van der Waals surface area contributed by atoms with E-state index in [1.165, 1.54) is 18.7 Å². The predicted molar refractivity (Wildman–Crippen MR) is 112 cm³/mol. The molecule has 1 aromatic heterocycles. The normalized spacial score (nSPS) is 10.6. The Balaban J connectivity index is 1.57. The molecule has 1 amide bonds. The first-order valence-electron chi connectivity index (χ1n) is 8.61. The Hall–Kier alpha value is -2.52. The Morgan fingerprint density at radius 3 is 2.71 bits per heavy atom. The first kappa shape index (κ1) is 20.2. The van der Waals surface area contributed by atoms with Gasteiger partial charge in [-0.1, -0.05) is 45.9 Å². The molecule has 0 spiro atoms. The lowest BCUT2D eigenvalue weighted by Gasteiger charge is -2.07. The summed E-state index contributed by atoms with van der Waals surface area (Å²) >= 11 is 4.85. The molecule has 1 N–H and O–H groups in total. The number of anilines is 1. The lowest BCUT2D eigenvalue weighted by molar-refractivity contribution is -0.114.